The first kappa shape index (κ1) is 12.7. The lowest BCUT2D eigenvalue weighted by Crippen LogP contribution is -2.01. The van der Waals surface area contributed by atoms with Crippen LogP contribution in [0.1, 0.15) is 39.0 Å². The second-order valence-electron chi connectivity index (χ2n) is 3.45. The van der Waals surface area contributed by atoms with Gasteiger partial charge in [0, 0.05) is 16.0 Å². The molecule has 0 aliphatic carbocycles. The topological polar surface area (TPSA) is 35.0 Å². The smallest absolute Gasteiger partial charge is 0.316 e. The van der Waals surface area contributed by atoms with Crippen molar-refractivity contribution < 1.29 is 4.74 Å². The highest BCUT2D eigenvalue weighted by atomic mass is 127. The van der Waals surface area contributed by atoms with Crippen molar-refractivity contribution in [3.63, 3.8) is 0 Å². The second kappa shape index (κ2) is 7.84. The molecule has 0 aliphatic rings. The first-order chi connectivity index (χ1) is 7.33. The zero-order chi connectivity index (χ0) is 10.9. The average molecular weight is 320 g/mol. The monoisotopic (exact) mass is 320 g/mol. The molecule has 84 valence electrons. The minimum Gasteiger partial charge on any atom is -0.463 e. The molecule has 0 atom stereocenters. The third-order valence-corrected chi connectivity index (χ3v) is 2.63. The summed E-state index contributed by atoms with van der Waals surface area (Å²) in [6, 6.07) is 0.492. The molecule has 0 radical (unpaired) electrons. The summed E-state index contributed by atoms with van der Waals surface area (Å²) in [4.78, 5) is 8.14. The van der Waals surface area contributed by atoms with Crippen molar-refractivity contribution in [1.29, 1.82) is 0 Å². The van der Waals surface area contributed by atoms with Crippen LogP contribution in [0.3, 0.4) is 0 Å². The summed E-state index contributed by atoms with van der Waals surface area (Å²) in [5.74, 6) is 0. The van der Waals surface area contributed by atoms with Gasteiger partial charge in [-0.1, -0.05) is 32.6 Å². The Bertz CT molecular complexity index is 264. The highest BCUT2D eigenvalue weighted by Gasteiger charge is 1.96. The molecule has 0 bridgehead atoms. The lowest BCUT2D eigenvalue weighted by Gasteiger charge is -2.03. The Labute approximate surface area is 105 Å². The molecule has 0 saturated heterocycles. The van der Waals surface area contributed by atoms with E-state index in [0.29, 0.717) is 6.01 Å². The molecule has 4 heteroatoms. The fourth-order valence-electron chi connectivity index (χ4n) is 1.24. The normalized spacial score (nSPS) is 10.3. The SMILES string of the molecule is CCCCCCCOc1ncc(I)cn1. The number of aromatic nitrogens is 2. The first-order valence-electron chi connectivity index (χ1n) is 5.43. The average Bonchev–Trinajstić information content (AvgIpc) is 2.26. The maximum Gasteiger partial charge on any atom is 0.316 e. The van der Waals surface area contributed by atoms with Crippen molar-refractivity contribution in [2.45, 2.75) is 39.0 Å². The Hall–Kier alpha value is -0.390. The molecule has 0 aromatic carbocycles. The predicted octanol–water partition coefficient (Wildman–Crippen LogP) is 3.43. The Balaban J connectivity index is 2.07. The number of halogens is 1. The van der Waals surface area contributed by atoms with Gasteiger partial charge in [0.05, 0.1) is 6.61 Å². The van der Waals surface area contributed by atoms with Crippen molar-refractivity contribution in [3.8, 4) is 6.01 Å². The summed E-state index contributed by atoms with van der Waals surface area (Å²) in [5, 5.41) is 0. The van der Waals surface area contributed by atoms with Crippen molar-refractivity contribution >= 4 is 22.6 Å². The molecule has 0 saturated carbocycles. The summed E-state index contributed by atoms with van der Waals surface area (Å²) < 4.78 is 6.45. The van der Waals surface area contributed by atoms with E-state index in [1.807, 2.05) is 0 Å². The number of hydrogen-bond acceptors (Lipinski definition) is 3. The van der Waals surface area contributed by atoms with Gasteiger partial charge < -0.3 is 4.74 Å². The molecule has 1 heterocycles. The molecular weight excluding hydrogens is 303 g/mol. The highest BCUT2D eigenvalue weighted by Crippen LogP contribution is 2.06. The van der Waals surface area contributed by atoms with E-state index in [4.69, 9.17) is 4.74 Å². The zero-order valence-corrected chi connectivity index (χ0v) is 11.2. The summed E-state index contributed by atoms with van der Waals surface area (Å²) >= 11 is 2.18. The van der Waals surface area contributed by atoms with E-state index in [0.717, 1.165) is 16.6 Å². The molecule has 0 fully saturated rings. The van der Waals surface area contributed by atoms with E-state index in [1.54, 1.807) is 12.4 Å². The second-order valence-corrected chi connectivity index (χ2v) is 4.69. The van der Waals surface area contributed by atoms with Gasteiger partial charge in [-0.2, -0.15) is 0 Å². The summed E-state index contributed by atoms with van der Waals surface area (Å²) in [5.41, 5.74) is 0. The van der Waals surface area contributed by atoms with Crippen LogP contribution in [0, 0.1) is 3.57 Å². The number of unbranched alkanes of at least 4 members (excludes halogenated alkanes) is 4. The quantitative estimate of drug-likeness (QED) is 0.570. The molecule has 0 unspecified atom stereocenters. The maximum atomic E-state index is 5.42. The third kappa shape index (κ3) is 5.92. The Morgan fingerprint density at radius 3 is 2.47 bits per heavy atom. The minimum absolute atomic E-state index is 0.492. The fraction of sp³-hybridized carbons (Fsp3) is 0.636. The number of ether oxygens (including phenoxy) is 1. The molecule has 1 aromatic heterocycles. The lowest BCUT2D eigenvalue weighted by atomic mass is 10.2. The van der Waals surface area contributed by atoms with Crippen LogP contribution in [0.25, 0.3) is 0 Å². The Morgan fingerprint density at radius 2 is 1.80 bits per heavy atom. The van der Waals surface area contributed by atoms with E-state index in [-0.39, 0.29) is 0 Å². The molecule has 1 rings (SSSR count). The van der Waals surface area contributed by atoms with Gasteiger partial charge in [-0.3, -0.25) is 0 Å². The van der Waals surface area contributed by atoms with E-state index in [1.165, 1.54) is 25.7 Å². The van der Waals surface area contributed by atoms with Crippen LogP contribution >= 0.6 is 22.6 Å². The molecule has 0 N–H and O–H groups in total. The molecule has 0 amide bonds. The molecule has 3 nitrogen and oxygen atoms in total. The van der Waals surface area contributed by atoms with Crippen molar-refractivity contribution in [2.75, 3.05) is 6.61 Å². The third-order valence-electron chi connectivity index (χ3n) is 2.08. The fourth-order valence-corrected chi connectivity index (χ4v) is 1.52. The number of hydrogen-bond donors (Lipinski definition) is 0. The van der Waals surface area contributed by atoms with Crippen molar-refractivity contribution in [1.82, 2.24) is 9.97 Å². The summed E-state index contributed by atoms with van der Waals surface area (Å²) in [6.45, 7) is 2.94. The van der Waals surface area contributed by atoms with Gasteiger partial charge in [-0.05, 0) is 29.0 Å². The van der Waals surface area contributed by atoms with Crippen molar-refractivity contribution in [3.05, 3.63) is 16.0 Å². The van der Waals surface area contributed by atoms with Crippen LogP contribution < -0.4 is 4.74 Å². The number of rotatable bonds is 7. The van der Waals surface area contributed by atoms with Gasteiger partial charge in [-0.15, -0.1) is 0 Å². The highest BCUT2D eigenvalue weighted by molar-refractivity contribution is 14.1. The molecular formula is C11H17IN2O. The van der Waals surface area contributed by atoms with Crippen LogP contribution in [0.5, 0.6) is 6.01 Å². The Kier molecular flexibility index (Phi) is 6.63. The summed E-state index contributed by atoms with van der Waals surface area (Å²) in [7, 11) is 0. The van der Waals surface area contributed by atoms with E-state index in [9.17, 15) is 0 Å². The van der Waals surface area contributed by atoms with Gasteiger partial charge in [0.25, 0.3) is 0 Å². The van der Waals surface area contributed by atoms with Crippen LogP contribution in [-0.4, -0.2) is 16.6 Å². The predicted molar refractivity (Wildman–Crippen MR) is 69.0 cm³/mol. The minimum atomic E-state index is 0.492. The lowest BCUT2D eigenvalue weighted by molar-refractivity contribution is 0.281. The number of nitrogens with zero attached hydrogens (tertiary/aromatic N) is 2. The van der Waals surface area contributed by atoms with Gasteiger partial charge in [-0.25, -0.2) is 9.97 Å². The van der Waals surface area contributed by atoms with E-state index in [2.05, 4.69) is 39.5 Å². The largest absolute Gasteiger partial charge is 0.463 e. The zero-order valence-electron chi connectivity index (χ0n) is 9.08. The van der Waals surface area contributed by atoms with Crippen LogP contribution in [0.2, 0.25) is 0 Å². The van der Waals surface area contributed by atoms with Gasteiger partial charge in [0.15, 0.2) is 0 Å². The van der Waals surface area contributed by atoms with E-state index < -0.39 is 0 Å². The first-order valence-corrected chi connectivity index (χ1v) is 6.51. The van der Waals surface area contributed by atoms with Gasteiger partial charge >= 0.3 is 6.01 Å². The summed E-state index contributed by atoms with van der Waals surface area (Å²) in [6.07, 6.45) is 9.75. The molecule has 0 spiro atoms. The molecule has 1 aromatic rings. The standard InChI is InChI=1S/C11H17IN2O/c1-2-3-4-5-6-7-15-11-13-8-10(12)9-14-11/h8-9H,2-7H2,1H3. The molecule has 15 heavy (non-hydrogen) atoms. The van der Waals surface area contributed by atoms with Crippen LogP contribution in [0.15, 0.2) is 12.4 Å². The molecule has 0 aliphatic heterocycles. The van der Waals surface area contributed by atoms with Crippen LogP contribution in [0.4, 0.5) is 0 Å². The van der Waals surface area contributed by atoms with Gasteiger partial charge in [0.1, 0.15) is 0 Å². The van der Waals surface area contributed by atoms with Crippen LogP contribution in [-0.2, 0) is 0 Å². The van der Waals surface area contributed by atoms with E-state index >= 15 is 0 Å². The van der Waals surface area contributed by atoms with Gasteiger partial charge in [0.2, 0.25) is 0 Å². The Morgan fingerprint density at radius 1 is 1.13 bits per heavy atom. The maximum absolute atomic E-state index is 5.42. The van der Waals surface area contributed by atoms with Crippen molar-refractivity contribution in [2.24, 2.45) is 0 Å².